The van der Waals surface area contributed by atoms with Gasteiger partial charge in [0, 0.05) is 15.5 Å². The normalized spacial score (nSPS) is 21.5. The number of nitrogens with one attached hydrogen (secondary N) is 2. The zero-order valence-electron chi connectivity index (χ0n) is 14.2. The summed E-state index contributed by atoms with van der Waals surface area (Å²) >= 11 is 9.82. The summed E-state index contributed by atoms with van der Waals surface area (Å²) in [5.41, 5.74) is 5.14. The van der Waals surface area contributed by atoms with Crippen LogP contribution in [0.25, 0.3) is 0 Å². The molecule has 0 bridgehead atoms. The number of amides is 2. The molecule has 28 heavy (non-hydrogen) atoms. The van der Waals surface area contributed by atoms with Crippen LogP contribution in [0.5, 0.6) is 0 Å². The van der Waals surface area contributed by atoms with Crippen molar-refractivity contribution in [1.29, 1.82) is 5.41 Å². The average Bonchev–Trinajstić information content (AvgIpc) is 3.03. The number of aliphatic carboxylic acids is 1. The molecule has 1 aromatic rings. The molecule has 2 amide bonds. The lowest BCUT2D eigenvalue weighted by Gasteiger charge is -2.49. The van der Waals surface area contributed by atoms with Gasteiger partial charge < -0.3 is 16.2 Å². The van der Waals surface area contributed by atoms with Crippen molar-refractivity contribution in [1.82, 2.24) is 10.2 Å². The summed E-state index contributed by atoms with van der Waals surface area (Å²) in [6.45, 7) is 0. The minimum absolute atomic E-state index is 0.0657. The third-order valence-corrected chi connectivity index (χ3v) is 7.67. The lowest BCUT2D eigenvalue weighted by molar-refractivity contribution is -0.150. The van der Waals surface area contributed by atoms with Gasteiger partial charge in [-0.2, -0.15) is 0 Å². The number of hydrogen-bond acceptors (Lipinski definition) is 7. The van der Waals surface area contributed by atoms with Crippen molar-refractivity contribution in [2.45, 2.75) is 17.8 Å². The van der Waals surface area contributed by atoms with Crippen LogP contribution in [-0.2, 0) is 20.8 Å². The first-order valence-electron chi connectivity index (χ1n) is 7.89. The molecule has 5 N–H and O–H groups in total. The van der Waals surface area contributed by atoms with E-state index in [1.807, 2.05) is 0 Å². The molecular formula is C16H15ClN4O4S3. The van der Waals surface area contributed by atoms with E-state index in [1.54, 1.807) is 11.4 Å². The monoisotopic (exact) mass is 458 g/mol. The topological polar surface area (TPSA) is 137 Å². The van der Waals surface area contributed by atoms with Crippen LogP contribution >= 0.6 is 46.5 Å². The van der Waals surface area contributed by atoms with Crippen LogP contribution in [0, 0.1) is 5.41 Å². The number of carbonyl (C=O) groups is 3. The van der Waals surface area contributed by atoms with Crippen molar-refractivity contribution in [3.8, 4) is 0 Å². The van der Waals surface area contributed by atoms with Crippen molar-refractivity contribution < 1.29 is 19.5 Å². The van der Waals surface area contributed by atoms with E-state index >= 15 is 0 Å². The van der Waals surface area contributed by atoms with E-state index < -0.39 is 23.3 Å². The molecule has 1 unspecified atom stereocenters. The van der Waals surface area contributed by atoms with Gasteiger partial charge >= 0.3 is 5.97 Å². The maximum atomic E-state index is 12.5. The molecule has 148 valence electrons. The number of β-lactam (4-membered cyclic amide) rings is 1. The average molecular weight is 459 g/mol. The molecule has 2 atom stereocenters. The van der Waals surface area contributed by atoms with Crippen LogP contribution in [0.1, 0.15) is 4.88 Å². The summed E-state index contributed by atoms with van der Waals surface area (Å²) in [5.74, 6) is -1.80. The number of halogens is 1. The van der Waals surface area contributed by atoms with Gasteiger partial charge in [0.15, 0.2) is 0 Å². The second-order valence-corrected chi connectivity index (χ2v) is 9.29. The van der Waals surface area contributed by atoms with E-state index in [0.29, 0.717) is 20.6 Å². The Morgan fingerprint density at radius 3 is 2.89 bits per heavy atom. The second-order valence-electron chi connectivity index (χ2n) is 5.78. The van der Waals surface area contributed by atoms with E-state index in [9.17, 15) is 19.5 Å². The Labute approximate surface area is 177 Å². The smallest absolute Gasteiger partial charge is 0.353 e. The number of hydrogen-bond donors (Lipinski definition) is 4. The van der Waals surface area contributed by atoms with Crippen molar-refractivity contribution >= 4 is 70.1 Å². The van der Waals surface area contributed by atoms with Gasteiger partial charge in [0.05, 0.1) is 11.4 Å². The van der Waals surface area contributed by atoms with Gasteiger partial charge in [-0.05, 0) is 22.9 Å². The van der Waals surface area contributed by atoms with Crippen LogP contribution in [0.3, 0.4) is 0 Å². The summed E-state index contributed by atoms with van der Waals surface area (Å²) in [4.78, 5) is 38.9. The van der Waals surface area contributed by atoms with Crippen molar-refractivity contribution in [3.05, 3.63) is 43.4 Å². The zero-order chi connectivity index (χ0) is 20.4. The predicted octanol–water partition coefficient (Wildman–Crippen LogP) is 1.82. The fourth-order valence-electron chi connectivity index (χ4n) is 2.69. The highest BCUT2D eigenvalue weighted by molar-refractivity contribution is 8.08. The highest BCUT2D eigenvalue weighted by Gasteiger charge is 2.54. The van der Waals surface area contributed by atoms with Gasteiger partial charge in [-0.1, -0.05) is 23.4 Å². The summed E-state index contributed by atoms with van der Waals surface area (Å²) in [5, 5.41) is 22.7. The SMILES string of the molecule is N=C(N)/C=C/SC1=C(C(=O)O)N2C(=O)C(NC(=O)Cc3sccc3Cl)[C@H]2SC1. The van der Waals surface area contributed by atoms with Crippen molar-refractivity contribution in [3.63, 3.8) is 0 Å². The Kier molecular flexibility index (Phi) is 6.38. The van der Waals surface area contributed by atoms with E-state index in [1.165, 1.54) is 39.5 Å². The van der Waals surface area contributed by atoms with Gasteiger partial charge in [-0.3, -0.25) is 19.9 Å². The maximum Gasteiger partial charge on any atom is 0.353 e. The number of thioether (sulfide) groups is 2. The first-order valence-corrected chi connectivity index (χ1v) is 11.1. The number of carboxylic acid groups (broad SMARTS) is 1. The number of carbonyl (C=O) groups excluding carboxylic acids is 2. The molecule has 1 fully saturated rings. The highest BCUT2D eigenvalue weighted by Crippen LogP contribution is 2.43. The molecule has 0 spiro atoms. The summed E-state index contributed by atoms with van der Waals surface area (Å²) < 4.78 is 0. The minimum atomic E-state index is -1.22. The molecule has 2 aliphatic rings. The first-order chi connectivity index (χ1) is 13.3. The number of thiophene rings is 1. The number of fused-ring (bicyclic) bond motifs is 1. The molecule has 3 rings (SSSR count). The van der Waals surface area contributed by atoms with Gasteiger partial charge in [0.25, 0.3) is 5.91 Å². The molecule has 0 radical (unpaired) electrons. The Morgan fingerprint density at radius 1 is 1.54 bits per heavy atom. The number of nitrogens with zero attached hydrogens (tertiary/aromatic N) is 1. The van der Waals surface area contributed by atoms with Gasteiger partial charge in [-0.15, -0.1) is 23.1 Å². The van der Waals surface area contributed by atoms with Crippen LogP contribution in [0.4, 0.5) is 0 Å². The number of rotatable bonds is 7. The molecule has 0 saturated carbocycles. The van der Waals surface area contributed by atoms with E-state index in [2.05, 4.69) is 5.32 Å². The fraction of sp³-hybridized carbons (Fsp3) is 0.250. The summed E-state index contributed by atoms with van der Waals surface area (Å²) in [6.07, 6.45) is 1.40. The number of amidine groups is 1. The van der Waals surface area contributed by atoms with Crippen molar-refractivity contribution in [2.24, 2.45) is 5.73 Å². The third kappa shape index (κ3) is 4.22. The summed E-state index contributed by atoms with van der Waals surface area (Å²) in [6, 6.07) is 0.927. The van der Waals surface area contributed by atoms with Gasteiger partial charge in [0.1, 0.15) is 22.9 Å². The van der Waals surface area contributed by atoms with Crippen LogP contribution < -0.4 is 11.1 Å². The van der Waals surface area contributed by atoms with Crippen LogP contribution in [0.15, 0.2) is 33.5 Å². The predicted molar refractivity (Wildman–Crippen MR) is 111 cm³/mol. The second kappa shape index (κ2) is 8.60. The quantitative estimate of drug-likeness (QED) is 0.278. The molecule has 1 saturated heterocycles. The lowest BCUT2D eigenvalue weighted by atomic mass is 10.0. The Morgan fingerprint density at radius 2 is 2.29 bits per heavy atom. The van der Waals surface area contributed by atoms with Gasteiger partial charge in [-0.25, -0.2) is 4.79 Å². The largest absolute Gasteiger partial charge is 0.477 e. The molecule has 0 aliphatic carbocycles. The van der Waals surface area contributed by atoms with Crippen LogP contribution in [-0.4, -0.2) is 50.8 Å². The Balaban J connectivity index is 1.70. The Bertz CT molecular complexity index is 913. The van der Waals surface area contributed by atoms with E-state index in [4.69, 9.17) is 22.7 Å². The molecule has 8 nitrogen and oxygen atoms in total. The number of carboxylic acids is 1. The van der Waals surface area contributed by atoms with Crippen LogP contribution in [0.2, 0.25) is 5.02 Å². The molecule has 1 aromatic heterocycles. The first kappa shape index (κ1) is 20.8. The molecular weight excluding hydrogens is 444 g/mol. The van der Waals surface area contributed by atoms with E-state index in [-0.39, 0.29) is 23.9 Å². The van der Waals surface area contributed by atoms with Gasteiger partial charge in [0.2, 0.25) is 5.91 Å². The Hall–Kier alpha value is -1.95. The van der Waals surface area contributed by atoms with E-state index in [0.717, 1.165) is 11.8 Å². The molecule has 0 aromatic carbocycles. The maximum absolute atomic E-state index is 12.5. The standard InChI is InChI=1S/C16H15ClN4O4S3/c17-7-1-3-26-8(7)5-11(22)20-12-14(23)21-13(16(24)25)9(6-28-15(12)21)27-4-2-10(18)19/h1-4,12,15H,5-6H2,(H3,18,19)(H,20,22)(H,24,25)/b4-2+/t12?,15-/m1/s1. The fourth-order valence-corrected chi connectivity index (χ4v) is 6.14. The molecule has 12 heteroatoms. The minimum Gasteiger partial charge on any atom is -0.477 e. The highest BCUT2D eigenvalue weighted by atomic mass is 35.5. The number of nitrogens with two attached hydrogens (primary N) is 1. The zero-order valence-corrected chi connectivity index (χ0v) is 17.4. The summed E-state index contributed by atoms with van der Waals surface area (Å²) in [7, 11) is 0. The third-order valence-electron chi connectivity index (χ3n) is 3.92. The molecule has 3 heterocycles. The van der Waals surface area contributed by atoms with Crippen molar-refractivity contribution in [2.75, 3.05) is 5.75 Å². The lowest BCUT2D eigenvalue weighted by Crippen LogP contribution is -2.70. The molecule has 2 aliphatic heterocycles.